The minimum atomic E-state index is 0.0672. The molecule has 19 heavy (non-hydrogen) atoms. The van der Waals surface area contributed by atoms with Crippen molar-refractivity contribution in [2.45, 2.75) is 53.3 Å². The molecule has 108 valence electrons. The van der Waals surface area contributed by atoms with Gasteiger partial charge in [-0.25, -0.2) is 0 Å². The first-order valence-electron chi connectivity index (χ1n) is 6.96. The summed E-state index contributed by atoms with van der Waals surface area (Å²) in [6.07, 6.45) is 0.996. The molecule has 1 aromatic rings. The Morgan fingerprint density at radius 3 is 2.00 bits per heavy atom. The number of hydrogen-bond donors (Lipinski definition) is 0. The van der Waals surface area contributed by atoms with Crippen LogP contribution in [0.15, 0.2) is 12.1 Å². The van der Waals surface area contributed by atoms with Crippen LogP contribution in [-0.2, 0) is 0 Å². The van der Waals surface area contributed by atoms with E-state index in [0.717, 1.165) is 23.3 Å². The predicted molar refractivity (Wildman–Crippen MR) is 84.3 cm³/mol. The number of methoxy groups -OCH3 is 1. The molecule has 0 bridgehead atoms. The summed E-state index contributed by atoms with van der Waals surface area (Å²) in [5, 5.41) is 0.0672. The molecule has 1 aromatic carbocycles. The molecule has 2 heteroatoms. The van der Waals surface area contributed by atoms with Crippen molar-refractivity contribution in [3.05, 3.63) is 28.8 Å². The van der Waals surface area contributed by atoms with Gasteiger partial charge in [0, 0.05) is 0 Å². The Bertz CT molecular complexity index is 408. The van der Waals surface area contributed by atoms with Gasteiger partial charge >= 0.3 is 0 Å². The highest BCUT2D eigenvalue weighted by Crippen LogP contribution is 2.38. The van der Waals surface area contributed by atoms with Gasteiger partial charge in [0.1, 0.15) is 5.75 Å². The van der Waals surface area contributed by atoms with E-state index in [1.165, 1.54) is 5.56 Å². The summed E-state index contributed by atoms with van der Waals surface area (Å²) in [4.78, 5) is 0. The molecule has 2 unspecified atom stereocenters. The minimum absolute atomic E-state index is 0.0672. The largest absolute Gasteiger partial charge is 0.496 e. The molecular formula is C17H27ClO. The summed E-state index contributed by atoms with van der Waals surface area (Å²) in [6.45, 7) is 13.2. The zero-order valence-electron chi connectivity index (χ0n) is 13.3. The van der Waals surface area contributed by atoms with E-state index in [0.29, 0.717) is 11.3 Å². The molecular weight excluding hydrogens is 256 g/mol. The van der Waals surface area contributed by atoms with Crippen molar-refractivity contribution in [1.82, 2.24) is 0 Å². The number of halogens is 1. The third kappa shape index (κ3) is 4.14. The van der Waals surface area contributed by atoms with E-state index in [1.54, 1.807) is 7.11 Å². The van der Waals surface area contributed by atoms with Gasteiger partial charge in [0.15, 0.2) is 0 Å². The van der Waals surface area contributed by atoms with Gasteiger partial charge in [-0.05, 0) is 48.3 Å². The topological polar surface area (TPSA) is 9.23 Å². The van der Waals surface area contributed by atoms with E-state index < -0.39 is 0 Å². The normalized spacial score (nSPS) is 15.2. The van der Waals surface area contributed by atoms with E-state index in [9.17, 15) is 0 Å². The second kappa shape index (κ2) is 6.17. The number of rotatable bonds is 4. The van der Waals surface area contributed by atoms with Gasteiger partial charge in [-0.3, -0.25) is 0 Å². The van der Waals surface area contributed by atoms with Crippen LogP contribution >= 0.6 is 11.6 Å². The lowest BCUT2D eigenvalue weighted by Crippen LogP contribution is -2.18. The molecule has 0 aromatic heterocycles. The summed E-state index contributed by atoms with van der Waals surface area (Å²) in [7, 11) is 1.72. The highest BCUT2D eigenvalue weighted by molar-refractivity contribution is 6.20. The summed E-state index contributed by atoms with van der Waals surface area (Å²) in [5.74, 6) is 1.55. The monoisotopic (exact) mass is 282 g/mol. The van der Waals surface area contributed by atoms with Gasteiger partial charge in [-0.1, -0.05) is 39.8 Å². The van der Waals surface area contributed by atoms with Gasteiger partial charge in [-0.15, -0.1) is 11.6 Å². The molecule has 1 nitrogen and oxygen atoms in total. The molecule has 0 aliphatic carbocycles. The van der Waals surface area contributed by atoms with Crippen LogP contribution in [0.25, 0.3) is 0 Å². The SMILES string of the molecule is COc1c(C)cc(C(Cl)CC(C)C(C)(C)C)cc1C. The third-order valence-electron chi connectivity index (χ3n) is 4.09. The van der Waals surface area contributed by atoms with E-state index in [1.807, 2.05) is 0 Å². The van der Waals surface area contributed by atoms with Crippen LogP contribution in [0, 0.1) is 25.2 Å². The van der Waals surface area contributed by atoms with E-state index in [2.05, 4.69) is 53.7 Å². The highest BCUT2D eigenvalue weighted by Gasteiger charge is 2.24. The van der Waals surface area contributed by atoms with Crippen molar-refractivity contribution < 1.29 is 4.74 Å². The fraction of sp³-hybridized carbons (Fsp3) is 0.647. The molecule has 0 aliphatic rings. The molecule has 2 atom stereocenters. The Balaban J connectivity index is 2.92. The lowest BCUT2D eigenvalue weighted by Gasteiger charge is -2.29. The van der Waals surface area contributed by atoms with Crippen LogP contribution in [0.5, 0.6) is 5.75 Å². The Labute approximate surface area is 123 Å². The van der Waals surface area contributed by atoms with Gasteiger partial charge in [0.2, 0.25) is 0 Å². The molecule has 0 spiro atoms. The molecule has 0 aliphatic heterocycles. The zero-order chi connectivity index (χ0) is 14.8. The molecule has 0 fully saturated rings. The fourth-order valence-corrected chi connectivity index (χ4v) is 2.68. The second-order valence-corrected chi connectivity index (χ2v) is 7.19. The molecule has 1 rings (SSSR count). The number of aryl methyl sites for hydroxylation is 2. The van der Waals surface area contributed by atoms with Crippen molar-refractivity contribution in [2.75, 3.05) is 7.11 Å². The minimum Gasteiger partial charge on any atom is -0.496 e. The zero-order valence-corrected chi connectivity index (χ0v) is 14.1. The average molecular weight is 283 g/mol. The smallest absolute Gasteiger partial charge is 0.124 e. The first kappa shape index (κ1) is 16.4. The van der Waals surface area contributed by atoms with E-state index in [-0.39, 0.29) is 5.38 Å². The van der Waals surface area contributed by atoms with Crippen molar-refractivity contribution in [2.24, 2.45) is 11.3 Å². The van der Waals surface area contributed by atoms with Crippen molar-refractivity contribution in [3.63, 3.8) is 0 Å². The van der Waals surface area contributed by atoms with Crippen LogP contribution in [0.4, 0.5) is 0 Å². The highest BCUT2D eigenvalue weighted by atomic mass is 35.5. The summed E-state index contributed by atoms with van der Waals surface area (Å²) in [6, 6.07) is 4.30. The molecule has 0 saturated heterocycles. The van der Waals surface area contributed by atoms with Crippen molar-refractivity contribution in [3.8, 4) is 5.75 Å². The lowest BCUT2D eigenvalue weighted by atomic mass is 9.78. The molecule has 0 radical (unpaired) electrons. The maximum Gasteiger partial charge on any atom is 0.124 e. The van der Waals surface area contributed by atoms with Crippen LogP contribution in [0.3, 0.4) is 0 Å². The summed E-state index contributed by atoms with van der Waals surface area (Å²) < 4.78 is 5.40. The van der Waals surface area contributed by atoms with Crippen LogP contribution < -0.4 is 4.74 Å². The second-order valence-electron chi connectivity index (χ2n) is 6.66. The number of hydrogen-bond acceptors (Lipinski definition) is 1. The third-order valence-corrected chi connectivity index (χ3v) is 4.52. The molecule has 0 N–H and O–H groups in total. The number of benzene rings is 1. The predicted octanol–water partition coefficient (Wildman–Crippen LogP) is 5.66. The summed E-state index contributed by atoms with van der Waals surface area (Å²) >= 11 is 6.61. The fourth-order valence-electron chi connectivity index (χ4n) is 2.29. The number of ether oxygens (including phenoxy) is 1. The number of alkyl halides is 1. The Morgan fingerprint density at radius 1 is 1.16 bits per heavy atom. The molecule has 0 amide bonds. The first-order chi connectivity index (χ1) is 8.66. The van der Waals surface area contributed by atoms with Gasteiger partial charge in [0.05, 0.1) is 12.5 Å². The van der Waals surface area contributed by atoms with Crippen LogP contribution in [-0.4, -0.2) is 7.11 Å². The molecule has 0 saturated carbocycles. The van der Waals surface area contributed by atoms with Gasteiger partial charge < -0.3 is 4.74 Å². The van der Waals surface area contributed by atoms with Crippen LogP contribution in [0.1, 0.15) is 56.2 Å². The lowest BCUT2D eigenvalue weighted by molar-refractivity contribution is 0.245. The quantitative estimate of drug-likeness (QED) is 0.647. The van der Waals surface area contributed by atoms with Gasteiger partial charge in [0.25, 0.3) is 0 Å². The maximum absolute atomic E-state index is 6.61. The Hall–Kier alpha value is -0.690. The maximum atomic E-state index is 6.61. The summed E-state index contributed by atoms with van der Waals surface area (Å²) in [5.41, 5.74) is 3.82. The Morgan fingerprint density at radius 2 is 1.63 bits per heavy atom. The van der Waals surface area contributed by atoms with Crippen molar-refractivity contribution in [1.29, 1.82) is 0 Å². The average Bonchev–Trinajstić information content (AvgIpc) is 2.27. The van der Waals surface area contributed by atoms with Crippen molar-refractivity contribution >= 4 is 11.6 Å². The van der Waals surface area contributed by atoms with Crippen LogP contribution in [0.2, 0.25) is 0 Å². The van der Waals surface area contributed by atoms with E-state index in [4.69, 9.17) is 16.3 Å². The molecule has 0 heterocycles. The Kier molecular flexibility index (Phi) is 5.32. The standard InChI is InChI=1S/C17H27ClO/c1-11-8-14(9-12(2)16(11)19-7)15(18)10-13(3)17(4,5)6/h8-9,13,15H,10H2,1-7H3. The first-order valence-corrected chi connectivity index (χ1v) is 7.39. The van der Waals surface area contributed by atoms with Gasteiger partial charge in [-0.2, -0.15) is 0 Å². The van der Waals surface area contributed by atoms with E-state index >= 15 is 0 Å².